The van der Waals surface area contributed by atoms with Gasteiger partial charge in [0.2, 0.25) is 0 Å². The lowest BCUT2D eigenvalue weighted by molar-refractivity contribution is 0.0325. The van der Waals surface area contributed by atoms with Gasteiger partial charge in [-0.25, -0.2) is 13.2 Å². The number of benzene rings is 1. The summed E-state index contributed by atoms with van der Waals surface area (Å²) in [6.45, 7) is 0.889. The molecule has 27 heavy (non-hydrogen) atoms. The van der Waals surface area contributed by atoms with Crippen LogP contribution in [0, 0.1) is 23.4 Å². The van der Waals surface area contributed by atoms with Gasteiger partial charge in [0.05, 0.1) is 5.56 Å². The SMILES string of the molecule is CN(C)S(=O)(=O)N1CC[C@H]2[C@H](CCCN2C(=O)c2cc(F)c(F)cc2F)C1. The first kappa shape index (κ1) is 20.1. The quantitative estimate of drug-likeness (QED) is 0.721. The maximum absolute atomic E-state index is 14.0. The first-order valence-electron chi connectivity index (χ1n) is 8.76. The zero-order chi connectivity index (χ0) is 19.9. The third-order valence-corrected chi connectivity index (χ3v) is 7.23. The maximum atomic E-state index is 14.0. The molecule has 2 aliphatic heterocycles. The van der Waals surface area contributed by atoms with E-state index in [0.29, 0.717) is 31.5 Å². The van der Waals surface area contributed by atoms with Crippen LogP contribution in [-0.2, 0) is 10.2 Å². The summed E-state index contributed by atoms with van der Waals surface area (Å²) in [6, 6.07) is 0.700. The van der Waals surface area contributed by atoms with E-state index in [1.165, 1.54) is 23.3 Å². The second kappa shape index (κ2) is 7.40. The molecule has 0 aromatic heterocycles. The fraction of sp³-hybridized carbons (Fsp3) is 0.588. The van der Waals surface area contributed by atoms with Crippen LogP contribution in [0.3, 0.4) is 0 Å². The molecule has 2 heterocycles. The average Bonchev–Trinajstić information content (AvgIpc) is 2.63. The molecule has 0 radical (unpaired) electrons. The molecule has 6 nitrogen and oxygen atoms in total. The van der Waals surface area contributed by atoms with Gasteiger partial charge >= 0.3 is 0 Å². The summed E-state index contributed by atoms with van der Waals surface area (Å²) < 4.78 is 67.9. The highest BCUT2D eigenvalue weighted by molar-refractivity contribution is 7.86. The minimum atomic E-state index is -3.55. The number of rotatable bonds is 3. The number of halogens is 3. The lowest BCUT2D eigenvalue weighted by Gasteiger charge is -2.47. The largest absolute Gasteiger partial charge is 0.335 e. The van der Waals surface area contributed by atoms with Gasteiger partial charge in [-0.1, -0.05) is 0 Å². The number of likely N-dealkylation sites (tertiary alicyclic amines) is 1. The molecule has 2 aliphatic rings. The van der Waals surface area contributed by atoms with Crippen LogP contribution in [0.2, 0.25) is 0 Å². The first-order chi connectivity index (χ1) is 12.6. The Bertz CT molecular complexity index is 847. The molecular weight excluding hydrogens is 383 g/mol. The van der Waals surface area contributed by atoms with Crippen molar-refractivity contribution >= 4 is 16.1 Å². The third-order valence-electron chi connectivity index (χ3n) is 5.32. The van der Waals surface area contributed by atoms with Gasteiger partial charge < -0.3 is 4.90 Å². The van der Waals surface area contributed by atoms with Gasteiger partial charge in [-0.15, -0.1) is 0 Å². The number of amides is 1. The van der Waals surface area contributed by atoms with Crippen molar-refractivity contribution in [1.29, 1.82) is 0 Å². The van der Waals surface area contributed by atoms with Crippen LogP contribution < -0.4 is 0 Å². The highest BCUT2D eigenvalue weighted by Crippen LogP contribution is 2.33. The van der Waals surface area contributed by atoms with E-state index in [9.17, 15) is 26.4 Å². The molecule has 2 saturated heterocycles. The summed E-state index contributed by atoms with van der Waals surface area (Å²) in [7, 11) is -0.621. The highest BCUT2D eigenvalue weighted by Gasteiger charge is 2.42. The molecule has 1 aromatic rings. The summed E-state index contributed by atoms with van der Waals surface area (Å²) in [5.41, 5.74) is -0.502. The number of nitrogens with zero attached hydrogens (tertiary/aromatic N) is 3. The van der Waals surface area contributed by atoms with Crippen molar-refractivity contribution in [1.82, 2.24) is 13.5 Å². The molecule has 0 unspecified atom stereocenters. The van der Waals surface area contributed by atoms with Crippen molar-refractivity contribution in [2.75, 3.05) is 33.7 Å². The normalized spacial score (nSPS) is 24.1. The molecule has 2 fully saturated rings. The molecular formula is C17H22F3N3O3S. The van der Waals surface area contributed by atoms with Crippen LogP contribution in [0.15, 0.2) is 12.1 Å². The minimum Gasteiger partial charge on any atom is -0.335 e. The Morgan fingerprint density at radius 3 is 2.41 bits per heavy atom. The molecule has 0 saturated carbocycles. The predicted molar refractivity (Wildman–Crippen MR) is 92.7 cm³/mol. The monoisotopic (exact) mass is 405 g/mol. The van der Waals surface area contributed by atoms with Crippen LogP contribution >= 0.6 is 0 Å². The van der Waals surface area contributed by atoms with Crippen molar-refractivity contribution < 1.29 is 26.4 Å². The number of fused-ring (bicyclic) bond motifs is 1. The van der Waals surface area contributed by atoms with Gasteiger partial charge in [0.1, 0.15) is 5.82 Å². The van der Waals surface area contributed by atoms with Crippen LogP contribution in [0.5, 0.6) is 0 Å². The predicted octanol–water partition coefficient (Wildman–Crippen LogP) is 1.84. The van der Waals surface area contributed by atoms with E-state index in [0.717, 1.165) is 10.7 Å². The summed E-state index contributed by atoms with van der Waals surface area (Å²) >= 11 is 0. The molecule has 0 aliphatic carbocycles. The Morgan fingerprint density at radius 1 is 1.07 bits per heavy atom. The van der Waals surface area contributed by atoms with E-state index in [2.05, 4.69) is 0 Å². The molecule has 0 N–H and O–H groups in total. The fourth-order valence-electron chi connectivity index (χ4n) is 3.90. The Kier molecular flexibility index (Phi) is 5.51. The summed E-state index contributed by atoms with van der Waals surface area (Å²) in [4.78, 5) is 14.3. The third kappa shape index (κ3) is 3.70. The van der Waals surface area contributed by atoms with Crippen molar-refractivity contribution in [3.8, 4) is 0 Å². The number of carbonyl (C=O) groups is 1. The lowest BCUT2D eigenvalue weighted by Crippen LogP contribution is -2.57. The van der Waals surface area contributed by atoms with E-state index in [-0.39, 0.29) is 25.0 Å². The van der Waals surface area contributed by atoms with Crippen molar-refractivity contribution in [2.24, 2.45) is 5.92 Å². The van der Waals surface area contributed by atoms with Gasteiger partial charge in [-0.05, 0) is 31.2 Å². The number of hydrogen-bond donors (Lipinski definition) is 0. The number of hydrogen-bond acceptors (Lipinski definition) is 3. The Hall–Kier alpha value is -1.65. The van der Waals surface area contributed by atoms with Crippen molar-refractivity contribution in [3.05, 3.63) is 35.1 Å². The Labute approximate surface area is 156 Å². The summed E-state index contributed by atoms with van der Waals surface area (Å²) in [5.74, 6) is -4.50. The maximum Gasteiger partial charge on any atom is 0.281 e. The van der Waals surface area contributed by atoms with Gasteiger partial charge in [0.25, 0.3) is 16.1 Å². The Balaban J connectivity index is 1.82. The summed E-state index contributed by atoms with van der Waals surface area (Å²) in [5, 5.41) is 0. The Morgan fingerprint density at radius 2 is 1.74 bits per heavy atom. The lowest BCUT2D eigenvalue weighted by atomic mass is 9.84. The molecule has 2 atom stereocenters. The topological polar surface area (TPSA) is 60.9 Å². The minimum absolute atomic E-state index is 0.0838. The summed E-state index contributed by atoms with van der Waals surface area (Å²) in [6.07, 6.45) is 1.79. The van der Waals surface area contributed by atoms with Crippen LogP contribution in [0.4, 0.5) is 13.2 Å². The molecule has 0 spiro atoms. The molecule has 10 heteroatoms. The molecule has 3 rings (SSSR count). The van der Waals surface area contributed by atoms with Gasteiger partial charge in [0.15, 0.2) is 11.6 Å². The molecule has 1 aromatic carbocycles. The second-order valence-corrected chi connectivity index (χ2v) is 9.29. The first-order valence-corrected chi connectivity index (χ1v) is 10.2. The van der Waals surface area contributed by atoms with E-state index in [1.54, 1.807) is 0 Å². The van der Waals surface area contributed by atoms with Gasteiger partial charge in [0, 0.05) is 45.8 Å². The van der Waals surface area contributed by atoms with E-state index in [1.807, 2.05) is 0 Å². The van der Waals surface area contributed by atoms with Crippen molar-refractivity contribution in [2.45, 2.75) is 25.3 Å². The highest BCUT2D eigenvalue weighted by atomic mass is 32.2. The van der Waals surface area contributed by atoms with Crippen LogP contribution in [0.1, 0.15) is 29.6 Å². The molecule has 0 bridgehead atoms. The number of carbonyl (C=O) groups excluding carboxylic acids is 1. The van der Waals surface area contributed by atoms with Gasteiger partial charge in [-0.2, -0.15) is 17.0 Å². The molecule has 150 valence electrons. The molecule has 1 amide bonds. The van der Waals surface area contributed by atoms with Crippen LogP contribution in [-0.4, -0.2) is 67.6 Å². The van der Waals surface area contributed by atoms with Crippen LogP contribution in [0.25, 0.3) is 0 Å². The fourth-order valence-corrected chi connectivity index (χ4v) is 5.08. The average molecular weight is 405 g/mol. The van der Waals surface area contributed by atoms with Gasteiger partial charge in [-0.3, -0.25) is 4.79 Å². The van der Waals surface area contributed by atoms with E-state index in [4.69, 9.17) is 0 Å². The zero-order valence-electron chi connectivity index (χ0n) is 15.2. The van der Waals surface area contributed by atoms with Crippen molar-refractivity contribution in [3.63, 3.8) is 0 Å². The second-order valence-electron chi connectivity index (χ2n) is 7.15. The number of piperidine rings is 2. The van der Waals surface area contributed by atoms with E-state index >= 15 is 0 Å². The smallest absolute Gasteiger partial charge is 0.281 e. The zero-order valence-corrected chi connectivity index (χ0v) is 16.0. The standard InChI is InChI=1S/C17H22F3N3O3S/c1-21(2)27(25,26)22-7-5-16-11(10-22)4-3-6-23(16)17(24)12-8-14(19)15(20)9-13(12)18/h8-9,11,16H,3-7,10H2,1-2H3/t11-,16+/m1/s1. The van der Waals surface area contributed by atoms with E-state index < -0.39 is 39.1 Å².